The van der Waals surface area contributed by atoms with E-state index in [0.717, 1.165) is 30.0 Å². The van der Waals surface area contributed by atoms with E-state index in [0.29, 0.717) is 18.1 Å². The molecule has 2 aromatic rings. The second kappa shape index (κ2) is 9.63. The van der Waals surface area contributed by atoms with Gasteiger partial charge in [0, 0.05) is 36.1 Å². The number of amides is 2. The molecule has 1 fully saturated rings. The van der Waals surface area contributed by atoms with Crippen molar-refractivity contribution in [2.45, 2.75) is 24.8 Å². The molecule has 1 aliphatic rings. The summed E-state index contributed by atoms with van der Waals surface area (Å²) < 4.78 is 0. The third-order valence-electron chi connectivity index (χ3n) is 5.21. The van der Waals surface area contributed by atoms with Crippen molar-refractivity contribution in [1.82, 2.24) is 16.0 Å². The average molecular weight is 428 g/mol. The van der Waals surface area contributed by atoms with Crippen molar-refractivity contribution in [3.8, 4) is 0 Å². The topological polar surface area (TPSA) is 109 Å². The molecule has 30 heavy (non-hydrogen) atoms. The lowest BCUT2D eigenvalue weighted by atomic mass is 9.96. The monoisotopic (exact) mass is 427 g/mol. The first-order chi connectivity index (χ1) is 14.4. The van der Waals surface area contributed by atoms with Crippen LogP contribution < -0.4 is 21.7 Å². The van der Waals surface area contributed by atoms with Crippen LogP contribution in [0.1, 0.15) is 34.3 Å². The lowest BCUT2D eigenvalue weighted by Gasteiger charge is -2.19. The number of hydrogen-bond acceptors (Lipinski definition) is 3. The molecule has 0 aliphatic heterocycles. The maximum absolute atomic E-state index is 11.9. The van der Waals surface area contributed by atoms with Crippen molar-refractivity contribution in [2.75, 3.05) is 20.1 Å². The first kappa shape index (κ1) is 21.6. The molecule has 2 aromatic carbocycles. The molecule has 0 aromatic heterocycles. The summed E-state index contributed by atoms with van der Waals surface area (Å²) in [4.78, 5) is 27.0. The lowest BCUT2D eigenvalue weighted by Crippen LogP contribution is -2.40. The zero-order valence-electron chi connectivity index (χ0n) is 16.9. The van der Waals surface area contributed by atoms with Crippen LogP contribution in [0.2, 0.25) is 5.02 Å². The third-order valence-corrected chi connectivity index (χ3v) is 5.44. The van der Waals surface area contributed by atoms with Crippen LogP contribution in [-0.4, -0.2) is 37.9 Å². The molecule has 1 aliphatic carbocycles. The van der Waals surface area contributed by atoms with Gasteiger partial charge in [-0.3, -0.25) is 14.6 Å². The zero-order chi connectivity index (χ0) is 21.6. The highest BCUT2D eigenvalue weighted by Gasteiger charge is 2.44. The van der Waals surface area contributed by atoms with Crippen LogP contribution in [0, 0.1) is 0 Å². The van der Waals surface area contributed by atoms with Crippen LogP contribution >= 0.6 is 11.6 Å². The number of rotatable bonds is 8. The van der Waals surface area contributed by atoms with Crippen molar-refractivity contribution >= 4 is 29.4 Å². The molecular formula is C22H26ClN5O2. The predicted molar refractivity (Wildman–Crippen MR) is 119 cm³/mol. The summed E-state index contributed by atoms with van der Waals surface area (Å²) in [5, 5.41) is 9.92. The van der Waals surface area contributed by atoms with E-state index < -0.39 is 5.91 Å². The number of aliphatic imine (C=N–C) groups is 1. The first-order valence-electron chi connectivity index (χ1n) is 9.78. The number of carbonyl (C=O) groups excluding carboxylic acids is 2. The van der Waals surface area contributed by atoms with E-state index in [1.165, 1.54) is 5.56 Å². The fourth-order valence-electron chi connectivity index (χ4n) is 3.24. The zero-order valence-corrected chi connectivity index (χ0v) is 17.6. The van der Waals surface area contributed by atoms with Crippen LogP contribution in [0.3, 0.4) is 0 Å². The summed E-state index contributed by atoms with van der Waals surface area (Å²) in [7, 11) is 1.74. The van der Waals surface area contributed by atoms with Gasteiger partial charge in [0.25, 0.3) is 5.91 Å². The van der Waals surface area contributed by atoms with Crippen molar-refractivity contribution in [3.05, 3.63) is 70.2 Å². The minimum Gasteiger partial charge on any atom is -0.368 e. The number of guanidine groups is 1. The Kier molecular flexibility index (Phi) is 6.95. The van der Waals surface area contributed by atoms with Crippen LogP contribution in [0.5, 0.6) is 0 Å². The fraction of sp³-hybridized carbons (Fsp3) is 0.318. The van der Waals surface area contributed by atoms with Crippen LogP contribution in [0.4, 0.5) is 0 Å². The highest BCUT2D eigenvalue weighted by Crippen LogP contribution is 2.48. The van der Waals surface area contributed by atoms with Gasteiger partial charge in [-0.25, -0.2) is 0 Å². The van der Waals surface area contributed by atoms with Gasteiger partial charge < -0.3 is 21.7 Å². The van der Waals surface area contributed by atoms with E-state index in [1.54, 1.807) is 19.2 Å². The van der Waals surface area contributed by atoms with E-state index in [2.05, 4.69) is 27.0 Å². The fourth-order valence-corrected chi connectivity index (χ4v) is 3.43. The smallest absolute Gasteiger partial charge is 0.251 e. The van der Waals surface area contributed by atoms with E-state index >= 15 is 0 Å². The summed E-state index contributed by atoms with van der Waals surface area (Å²) >= 11 is 6.15. The number of nitrogens with two attached hydrogens (primary N) is 1. The molecule has 8 heteroatoms. The summed E-state index contributed by atoms with van der Waals surface area (Å²) in [6.45, 7) is 1.17. The highest BCUT2D eigenvalue weighted by atomic mass is 35.5. The number of nitrogens with zero attached hydrogens (tertiary/aromatic N) is 1. The Bertz CT molecular complexity index is 939. The van der Waals surface area contributed by atoms with E-state index in [9.17, 15) is 9.59 Å². The number of carbonyl (C=O) groups is 2. The molecule has 0 saturated heterocycles. The number of nitrogens with one attached hydrogen (secondary N) is 3. The Morgan fingerprint density at radius 2 is 1.83 bits per heavy atom. The molecule has 0 bridgehead atoms. The Labute approximate surface area is 181 Å². The summed E-state index contributed by atoms with van der Waals surface area (Å²) in [5.41, 5.74) is 7.87. The van der Waals surface area contributed by atoms with E-state index in [1.807, 2.05) is 30.3 Å². The Morgan fingerprint density at radius 1 is 1.10 bits per heavy atom. The maximum Gasteiger partial charge on any atom is 0.251 e. The van der Waals surface area contributed by atoms with Crippen LogP contribution in [0.15, 0.2) is 53.5 Å². The van der Waals surface area contributed by atoms with Gasteiger partial charge in [0.15, 0.2) is 5.96 Å². The van der Waals surface area contributed by atoms with Gasteiger partial charge in [-0.05, 0) is 48.2 Å². The SMILES string of the molecule is CN=C(NCc1ccc(C(=O)NCC(N)=O)cc1)NCC1(c2cccc(Cl)c2)CC1. The number of primary amides is 1. The standard InChI is InChI=1S/C22H26ClN5O2/c1-25-21(28-14-22(9-10-22)17-3-2-4-18(23)11-17)27-12-15-5-7-16(8-6-15)20(30)26-13-19(24)29/h2-8,11H,9-10,12-14H2,1H3,(H2,24,29)(H,26,30)(H2,25,27,28). The largest absolute Gasteiger partial charge is 0.368 e. The summed E-state index contributed by atoms with van der Waals surface area (Å²) in [6, 6.07) is 15.2. The lowest BCUT2D eigenvalue weighted by molar-refractivity contribution is -0.117. The number of hydrogen-bond donors (Lipinski definition) is 4. The molecule has 7 nitrogen and oxygen atoms in total. The van der Waals surface area contributed by atoms with E-state index in [4.69, 9.17) is 17.3 Å². The molecule has 1 saturated carbocycles. The second-order valence-electron chi connectivity index (χ2n) is 7.42. The Balaban J connectivity index is 1.50. The molecule has 5 N–H and O–H groups in total. The molecule has 3 rings (SSSR count). The Hall–Kier alpha value is -3.06. The van der Waals surface area contributed by atoms with Crippen LogP contribution in [0.25, 0.3) is 0 Å². The number of benzene rings is 2. The first-order valence-corrected chi connectivity index (χ1v) is 10.2. The van der Waals surface area contributed by atoms with Gasteiger partial charge in [-0.2, -0.15) is 0 Å². The quantitative estimate of drug-likeness (QED) is 0.381. The molecule has 0 unspecified atom stereocenters. The summed E-state index contributed by atoms with van der Waals surface area (Å²) in [5.74, 6) is -0.195. The normalized spacial score (nSPS) is 14.7. The second-order valence-corrected chi connectivity index (χ2v) is 7.85. The van der Waals surface area contributed by atoms with Gasteiger partial charge in [-0.1, -0.05) is 35.9 Å². The van der Waals surface area contributed by atoms with Crippen LogP contribution in [-0.2, 0) is 16.8 Å². The highest BCUT2D eigenvalue weighted by molar-refractivity contribution is 6.30. The maximum atomic E-state index is 11.9. The molecule has 0 atom stereocenters. The van der Waals surface area contributed by atoms with Gasteiger partial charge in [0.2, 0.25) is 5.91 Å². The molecule has 2 amide bonds. The molecule has 158 valence electrons. The van der Waals surface area contributed by atoms with Gasteiger partial charge in [0.05, 0.1) is 6.54 Å². The summed E-state index contributed by atoms with van der Waals surface area (Å²) in [6.07, 6.45) is 2.24. The molecule has 0 radical (unpaired) electrons. The molecule has 0 heterocycles. The predicted octanol–water partition coefficient (Wildman–Crippen LogP) is 1.95. The van der Waals surface area contributed by atoms with Crippen molar-refractivity contribution in [3.63, 3.8) is 0 Å². The van der Waals surface area contributed by atoms with Crippen molar-refractivity contribution in [1.29, 1.82) is 0 Å². The van der Waals surface area contributed by atoms with Crippen molar-refractivity contribution < 1.29 is 9.59 Å². The third kappa shape index (κ3) is 5.73. The van der Waals surface area contributed by atoms with E-state index in [-0.39, 0.29) is 17.9 Å². The average Bonchev–Trinajstić information content (AvgIpc) is 3.54. The Morgan fingerprint density at radius 3 is 2.43 bits per heavy atom. The molecular weight excluding hydrogens is 402 g/mol. The van der Waals surface area contributed by atoms with Crippen molar-refractivity contribution in [2.24, 2.45) is 10.7 Å². The van der Waals surface area contributed by atoms with Gasteiger partial charge in [0.1, 0.15) is 0 Å². The molecule has 0 spiro atoms. The van der Waals surface area contributed by atoms with Gasteiger partial charge in [-0.15, -0.1) is 0 Å². The van der Waals surface area contributed by atoms with Gasteiger partial charge >= 0.3 is 0 Å². The minimum absolute atomic E-state index is 0.114. The number of halogens is 1. The minimum atomic E-state index is -0.577.